The van der Waals surface area contributed by atoms with Gasteiger partial charge in [-0.05, 0) is 30.9 Å². The molecule has 2 aromatic carbocycles. The van der Waals surface area contributed by atoms with Gasteiger partial charge in [-0.25, -0.2) is 0 Å². The maximum absolute atomic E-state index is 12.7. The predicted molar refractivity (Wildman–Crippen MR) is 109 cm³/mol. The van der Waals surface area contributed by atoms with E-state index in [-0.39, 0.29) is 5.91 Å². The summed E-state index contributed by atoms with van der Waals surface area (Å²) in [6.45, 7) is 5.97. The van der Waals surface area contributed by atoms with Crippen molar-refractivity contribution < 1.29 is 14.3 Å². The number of aromatic nitrogens is 1. The minimum atomic E-state index is -0.223. The lowest BCUT2D eigenvalue weighted by Gasteiger charge is -2.18. The molecule has 0 fully saturated rings. The lowest BCUT2D eigenvalue weighted by molar-refractivity contribution is 0.0997. The van der Waals surface area contributed by atoms with Gasteiger partial charge in [0, 0.05) is 29.1 Å². The number of hydrogen-bond donors (Lipinski definition) is 0. The first-order valence-corrected chi connectivity index (χ1v) is 10.7. The molecular formula is C20H20N2O3S2. The van der Waals surface area contributed by atoms with E-state index in [1.54, 1.807) is 11.8 Å². The molecule has 1 aliphatic rings. The molecule has 1 amide bonds. The summed E-state index contributed by atoms with van der Waals surface area (Å²) in [4.78, 5) is 18.9. The SMILES string of the molecule is CCSc1cccc(C(=O)N=c2sc3cc4c(cc3n2CC)OCCO4)c1. The first-order valence-electron chi connectivity index (χ1n) is 8.94. The number of benzene rings is 2. The molecule has 0 atom stereocenters. The molecule has 0 bridgehead atoms. The fraction of sp³-hybridized carbons (Fsp3) is 0.300. The fourth-order valence-corrected chi connectivity index (χ4v) is 4.86. The van der Waals surface area contributed by atoms with Gasteiger partial charge in [-0.15, -0.1) is 11.8 Å². The molecule has 1 aliphatic heterocycles. The molecule has 0 radical (unpaired) electrons. The van der Waals surface area contributed by atoms with Gasteiger partial charge in [-0.1, -0.05) is 24.3 Å². The highest BCUT2D eigenvalue weighted by Gasteiger charge is 2.16. The Labute approximate surface area is 165 Å². The number of carbonyl (C=O) groups excluding carboxylic acids is 1. The highest BCUT2D eigenvalue weighted by atomic mass is 32.2. The van der Waals surface area contributed by atoms with Crippen molar-refractivity contribution in [3.05, 3.63) is 46.8 Å². The van der Waals surface area contributed by atoms with E-state index >= 15 is 0 Å². The molecule has 0 N–H and O–H groups in total. The van der Waals surface area contributed by atoms with Crippen LogP contribution < -0.4 is 14.3 Å². The van der Waals surface area contributed by atoms with Crippen LogP contribution in [0, 0.1) is 0 Å². The minimum absolute atomic E-state index is 0.223. The van der Waals surface area contributed by atoms with Crippen molar-refractivity contribution in [1.82, 2.24) is 4.57 Å². The van der Waals surface area contributed by atoms with Crippen LogP contribution in [-0.2, 0) is 6.54 Å². The third-order valence-corrected chi connectivity index (χ3v) is 6.17. The number of rotatable bonds is 4. The molecule has 4 rings (SSSR count). The van der Waals surface area contributed by atoms with Gasteiger partial charge in [-0.2, -0.15) is 4.99 Å². The van der Waals surface area contributed by atoms with Crippen LogP contribution in [0.5, 0.6) is 11.5 Å². The van der Waals surface area contributed by atoms with E-state index in [2.05, 4.69) is 11.9 Å². The van der Waals surface area contributed by atoms with Gasteiger partial charge in [0.05, 0.1) is 10.2 Å². The van der Waals surface area contributed by atoms with Crippen LogP contribution in [0.3, 0.4) is 0 Å². The summed E-state index contributed by atoms with van der Waals surface area (Å²) >= 11 is 3.21. The van der Waals surface area contributed by atoms with Crippen molar-refractivity contribution in [3.63, 3.8) is 0 Å². The number of hydrogen-bond acceptors (Lipinski definition) is 5. The van der Waals surface area contributed by atoms with Gasteiger partial charge < -0.3 is 14.0 Å². The number of nitrogens with zero attached hydrogens (tertiary/aromatic N) is 2. The smallest absolute Gasteiger partial charge is 0.279 e. The molecule has 0 aliphatic carbocycles. The maximum atomic E-state index is 12.7. The number of ether oxygens (including phenoxy) is 2. The molecule has 140 valence electrons. The van der Waals surface area contributed by atoms with Crippen molar-refractivity contribution in [1.29, 1.82) is 0 Å². The molecule has 0 spiro atoms. The first kappa shape index (κ1) is 18.1. The second-order valence-corrected chi connectivity index (χ2v) is 8.32. The Bertz CT molecular complexity index is 1070. The zero-order valence-electron chi connectivity index (χ0n) is 15.2. The topological polar surface area (TPSA) is 52.8 Å². The van der Waals surface area contributed by atoms with Crippen LogP contribution in [0.15, 0.2) is 46.3 Å². The predicted octanol–water partition coefficient (Wildman–Crippen LogP) is 4.35. The lowest BCUT2D eigenvalue weighted by atomic mass is 10.2. The summed E-state index contributed by atoms with van der Waals surface area (Å²) in [5, 5.41) is 0. The highest BCUT2D eigenvalue weighted by Crippen LogP contribution is 2.35. The van der Waals surface area contributed by atoms with Gasteiger partial charge in [0.25, 0.3) is 5.91 Å². The number of aryl methyl sites for hydroxylation is 1. The Hall–Kier alpha value is -2.25. The van der Waals surface area contributed by atoms with E-state index in [1.807, 2.05) is 47.9 Å². The van der Waals surface area contributed by atoms with Gasteiger partial charge in [0.2, 0.25) is 0 Å². The second kappa shape index (κ2) is 7.78. The fourth-order valence-electron chi connectivity index (χ4n) is 3.03. The van der Waals surface area contributed by atoms with Crippen LogP contribution >= 0.6 is 23.1 Å². The van der Waals surface area contributed by atoms with E-state index < -0.39 is 0 Å². The Morgan fingerprint density at radius 1 is 1.19 bits per heavy atom. The number of carbonyl (C=O) groups is 1. The molecule has 0 saturated carbocycles. The summed E-state index contributed by atoms with van der Waals surface area (Å²) in [6, 6.07) is 11.6. The summed E-state index contributed by atoms with van der Waals surface area (Å²) in [6.07, 6.45) is 0. The van der Waals surface area contributed by atoms with E-state index in [9.17, 15) is 4.79 Å². The Kier molecular flexibility index (Phi) is 5.22. The van der Waals surface area contributed by atoms with Crippen molar-refractivity contribution >= 4 is 39.2 Å². The molecule has 2 heterocycles. The second-order valence-electron chi connectivity index (χ2n) is 5.97. The van der Waals surface area contributed by atoms with Crippen molar-refractivity contribution in [2.24, 2.45) is 4.99 Å². The average Bonchev–Trinajstić information content (AvgIpc) is 3.02. The number of thiazole rings is 1. The maximum Gasteiger partial charge on any atom is 0.279 e. The standard InChI is InChI=1S/C20H20N2O3S2/c1-3-22-15-11-16-17(25-9-8-24-16)12-18(15)27-20(22)21-19(23)13-6-5-7-14(10-13)26-4-2/h5-7,10-12H,3-4,8-9H2,1-2H3. The van der Waals surface area contributed by atoms with Gasteiger partial charge in [0.1, 0.15) is 13.2 Å². The quantitative estimate of drug-likeness (QED) is 0.611. The van der Waals surface area contributed by atoms with Crippen LogP contribution in [0.2, 0.25) is 0 Å². The molecule has 5 nitrogen and oxygen atoms in total. The first-order chi connectivity index (χ1) is 13.2. The normalized spacial score (nSPS) is 13.9. The zero-order chi connectivity index (χ0) is 18.8. The molecular weight excluding hydrogens is 380 g/mol. The number of fused-ring (bicyclic) bond motifs is 2. The molecule has 27 heavy (non-hydrogen) atoms. The van der Waals surface area contributed by atoms with Crippen LogP contribution in [0.4, 0.5) is 0 Å². The Morgan fingerprint density at radius 2 is 1.96 bits per heavy atom. The minimum Gasteiger partial charge on any atom is -0.486 e. The molecule has 3 aromatic rings. The van der Waals surface area contributed by atoms with E-state index in [0.29, 0.717) is 23.6 Å². The number of amides is 1. The molecule has 7 heteroatoms. The lowest BCUT2D eigenvalue weighted by Crippen LogP contribution is -2.17. The van der Waals surface area contributed by atoms with E-state index in [0.717, 1.165) is 38.9 Å². The van der Waals surface area contributed by atoms with Gasteiger partial charge in [0.15, 0.2) is 16.3 Å². The summed E-state index contributed by atoms with van der Waals surface area (Å²) in [5.41, 5.74) is 1.62. The number of thioether (sulfide) groups is 1. The summed E-state index contributed by atoms with van der Waals surface area (Å²) < 4.78 is 14.4. The average molecular weight is 401 g/mol. The van der Waals surface area contributed by atoms with Crippen molar-refractivity contribution in [3.8, 4) is 11.5 Å². The van der Waals surface area contributed by atoms with Crippen molar-refractivity contribution in [2.75, 3.05) is 19.0 Å². The third-order valence-electron chi connectivity index (χ3n) is 4.25. The van der Waals surface area contributed by atoms with Crippen molar-refractivity contribution in [2.45, 2.75) is 25.3 Å². The largest absolute Gasteiger partial charge is 0.486 e. The van der Waals surface area contributed by atoms with Crippen LogP contribution in [0.1, 0.15) is 24.2 Å². The third kappa shape index (κ3) is 3.61. The molecule has 0 unspecified atom stereocenters. The van der Waals surface area contributed by atoms with Crippen LogP contribution in [0.25, 0.3) is 10.2 Å². The molecule has 0 saturated heterocycles. The highest BCUT2D eigenvalue weighted by molar-refractivity contribution is 7.99. The van der Waals surface area contributed by atoms with Gasteiger partial charge in [-0.3, -0.25) is 4.79 Å². The monoisotopic (exact) mass is 400 g/mol. The van der Waals surface area contributed by atoms with Gasteiger partial charge >= 0.3 is 0 Å². The Balaban J connectivity index is 1.78. The van der Waals surface area contributed by atoms with E-state index in [1.165, 1.54) is 11.3 Å². The molecule has 1 aromatic heterocycles. The van der Waals surface area contributed by atoms with E-state index in [4.69, 9.17) is 9.47 Å². The van der Waals surface area contributed by atoms with Crippen LogP contribution in [-0.4, -0.2) is 29.4 Å². The summed E-state index contributed by atoms with van der Waals surface area (Å²) in [5.74, 6) is 2.24. The summed E-state index contributed by atoms with van der Waals surface area (Å²) in [7, 11) is 0. The Morgan fingerprint density at radius 3 is 2.70 bits per heavy atom. The zero-order valence-corrected chi connectivity index (χ0v) is 16.9.